The Balaban J connectivity index is 1.73. The van der Waals surface area contributed by atoms with Gasteiger partial charge in [-0.2, -0.15) is 5.10 Å². The zero-order chi connectivity index (χ0) is 13.9. The summed E-state index contributed by atoms with van der Waals surface area (Å²) in [6.45, 7) is 3.94. The van der Waals surface area contributed by atoms with Crippen LogP contribution in [-0.2, 0) is 4.79 Å². The first-order valence-corrected chi connectivity index (χ1v) is 7.80. The van der Waals surface area contributed by atoms with Crippen molar-refractivity contribution in [3.63, 3.8) is 0 Å². The number of rotatable bonds is 3. The maximum absolute atomic E-state index is 12.8. The number of aromatic nitrogens is 2. The smallest absolute Gasteiger partial charge is 0.247 e. The number of carbonyl (C=O) groups excluding carboxylic acids is 1. The summed E-state index contributed by atoms with van der Waals surface area (Å²) in [7, 11) is 0. The van der Waals surface area contributed by atoms with Gasteiger partial charge >= 0.3 is 0 Å². The van der Waals surface area contributed by atoms with Gasteiger partial charge in [-0.25, -0.2) is 0 Å². The average molecular weight is 276 g/mol. The Morgan fingerprint density at radius 3 is 2.95 bits per heavy atom. The third-order valence-corrected chi connectivity index (χ3v) is 4.67. The van der Waals surface area contributed by atoms with Crippen LogP contribution in [0.2, 0.25) is 0 Å². The second kappa shape index (κ2) is 5.95. The van der Waals surface area contributed by atoms with E-state index < -0.39 is 0 Å². The van der Waals surface area contributed by atoms with E-state index in [1.165, 1.54) is 19.3 Å². The van der Waals surface area contributed by atoms with Gasteiger partial charge in [0.1, 0.15) is 6.04 Å². The quantitative estimate of drug-likeness (QED) is 0.912. The molecule has 2 fully saturated rings. The third-order valence-electron chi connectivity index (χ3n) is 4.67. The van der Waals surface area contributed by atoms with E-state index >= 15 is 0 Å². The number of nitrogens with one attached hydrogen (secondary N) is 1. The first kappa shape index (κ1) is 13.6. The van der Waals surface area contributed by atoms with E-state index in [0.717, 1.165) is 25.9 Å². The minimum atomic E-state index is -0.202. The van der Waals surface area contributed by atoms with Crippen LogP contribution in [0, 0.1) is 0 Å². The molecule has 5 nitrogen and oxygen atoms in total. The normalized spacial score (nSPS) is 28.6. The molecule has 5 heteroatoms. The van der Waals surface area contributed by atoms with E-state index in [1.54, 1.807) is 10.9 Å². The number of hydrogen-bond donors (Lipinski definition) is 1. The van der Waals surface area contributed by atoms with Crippen molar-refractivity contribution in [2.24, 2.45) is 0 Å². The summed E-state index contributed by atoms with van der Waals surface area (Å²) >= 11 is 0. The summed E-state index contributed by atoms with van der Waals surface area (Å²) in [5.41, 5.74) is 0. The van der Waals surface area contributed by atoms with Crippen LogP contribution < -0.4 is 5.32 Å². The van der Waals surface area contributed by atoms with Crippen molar-refractivity contribution < 1.29 is 4.79 Å². The topological polar surface area (TPSA) is 50.2 Å². The second-order valence-corrected chi connectivity index (χ2v) is 5.96. The van der Waals surface area contributed by atoms with Gasteiger partial charge in [-0.15, -0.1) is 0 Å². The Labute approximate surface area is 120 Å². The van der Waals surface area contributed by atoms with E-state index in [9.17, 15) is 4.79 Å². The highest BCUT2D eigenvalue weighted by Gasteiger charge is 2.36. The first-order valence-electron chi connectivity index (χ1n) is 7.80. The van der Waals surface area contributed by atoms with Crippen LogP contribution in [-0.4, -0.2) is 45.8 Å². The fourth-order valence-electron chi connectivity index (χ4n) is 3.55. The van der Waals surface area contributed by atoms with Gasteiger partial charge in [-0.05, 0) is 51.6 Å². The molecule has 20 heavy (non-hydrogen) atoms. The van der Waals surface area contributed by atoms with E-state index in [0.29, 0.717) is 12.1 Å². The molecule has 3 atom stereocenters. The molecule has 0 spiro atoms. The molecule has 3 rings (SSSR count). The molecule has 3 unspecified atom stereocenters. The molecular formula is C15H24N4O. The van der Waals surface area contributed by atoms with Gasteiger partial charge in [0.05, 0.1) is 0 Å². The molecule has 2 aliphatic heterocycles. The molecule has 2 aliphatic rings. The van der Waals surface area contributed by atoms with Gasteiger partial charge in [0.15, 0.2) is 0 Å². The minimum Gasteiger partial charge on any atom is -0.336 e. The maximum atomic E-state index is 12.8. The number of nitrogens with zero attached hydrogens (tertiary/aromatic N) is 3. The van der Waals surface area contributed by atoms with E-state index in [1.807, 2.05) is 19.2 Å². The predicted octanol–water partition coefficient (Wildman–Crippen LogP) is 1.58. The SMILES string of the molecule is CC(C(=O)N1CCCCC1C1CCCN1)n1cccn1. The zero-order valence-corrected chi connectivity index (χ0v) is 12.2. The van der Waals surface area contributed by atoms with Gasteiger partial charge in [0, 0.05) is 31.0 Å². The summed E-state index contributed by atoms with van der Waals surface area (Å²) in [6, 6.07) is 2.53. The third kappa shape index (κ3) is 2.59. The summed E-state index contributed by atoms with van der Waals surface area (Å²) in [5, 5.41) is 7.78. The maximum Gasteiger partial charge on any atom is 0.247 e. The molecule has 0 aliphatic carbocycles. The highest BCUT2D eigenvalue weighted by molar-refractivity contribution is 5.80. The van der Waals surface area contributed by atoms with Crippen molar-refractivity contribution in [2.45, 2.75) is 57.2 Å². The minimum absolute atomic E-state index is 0.202. The largest absolute Gasteiger partial charge is 0.336 e. The molecule has 1 aromatic heterocycles. The zero-order valence-electron chi connectivity index (χ0n) is 12.2. The second-order valence-electron chi connectivity index (χ2n) is 5.96. The van der Waals surface area contributed by atoms with Crippen LogP contribution in [0.1, 0.15) is 45.1 Å². The van der Waals surface area contributed by atoms with E-state index in [-0.39, 0.29) is 11.9 Å². The Bertz CT molecular complexity index is 439. The number of hydrogen-bond acceptors (Lipinski definition) is 3. The number of piperidine rings is 1. The molecule has 1 aromatic rings. The van der Waals surface area contributed by atoms with Crippen LogP contribution in [0.25, 0.3) is 0 Å². The van der Waals surface area contributed by atoms with Crippen molar-refractivity contribution in [3.8, 4) is 0 Å². The highest BCUT2D eigenvalue weighted by atomic mass is 16.2. The van der Waals surface area contributed by atoms with E-state index in [4.69, 9.17) is 0 Å². The standard InChI is InChI=1S/C15H24N4O/c1-12(19-11-5-9-17-19)15(20)18-10-3-2-7-14(18)13-6-4-8-16-13/h5,9,11-14,16H,2-4,6-8,10H2,1H3. The summed E-state index contributed by atoms with van der Waals surface area (Å²) in [5.74, 6) is 0.215. The van der Waals surface area contributed by atoms with Crippen LogP contribution in [0.4, 0.5) is 0 Å². The van der Waals surface area contributed by atoms with Crippen LogP contribution in [0.15, 0.2) is 18.5 Å². The molecule has 1 amide bonds. The highest BCUT2D eigenvalue weighted by Crippen LogP contribution is 2.26. The lowest BCUT2D eigenvalue weighted by molar-refractivity contribution is -0.139. The van der Waals surface area contributed by atoms with Crippen LogP contribution >= 0.6 is 0 Å². The number of amides is 1. The molecule has 3 heterocycles. The fraction of sp³-hybridized carbons (Fsp3) is 0.733. The predicted molar refractivity (Wildman–Crippen MR) is 77.3 cm³/mol. The average Bonchev–Trinajstić information content (AvgIpc) is 3.18. The summed E-state index contributed by atoms with van der Waals surface area (Å²) in [6.07, 6.45) is 9.53. The van der Waals surface area contributed by atoms with Crippen LogP contribution in [0.5, 0.6) is 0 Å². The fourth-order valence-corrected chi connectivity index (χ4v) is 3.55. The number of likely N-dealkylation sites (tertiary alicyclic amines) is 1. The van der Waals surface area contributed by atoms with Gasteiger partial charge in [-0.3, -0.25) is 9.48 Å². The summed E-state index contributed by atoms with van der Waals surface area (Å²) < 4.78 is 1.76. The van der Waals surface area contributed by atoms with Gasteiger partial charge in [0.2, 0.25) is 5.91 Å². The lowest BCUT2D eigenvalue weighted by Crippen LogP contribution is -2.54. The molecule has 0 saturated carbocycles. The summed E-state index contributed by atoms with van der Waals surface area (Å²) in [4.78, 5) is 14.9. The van der Waals surface area contributed by atoms with Gasteiger partial charge in [0.25, 0.3) is 0 Å². The molecule has 0 radical (unpaired) electrons. The van der Waals surface area contributed by atoms with Crippen molar-refractivity contribution in [1.29, 1.82) is 0 Å². The first-order chi connectivity index (χ1) is 9.77. The molecule has 2 saturated heterocycles. The lowest BCUT2D eigenvalue weighted by atomic mass is 9.94. The van der Waals surface area contributed by atoms with Gasteiger partial charge < -0.3 is 10.2 Å². The Kier molecular flexibility index (Phi) is 4.05. The van der Waals surface area contributed by atoms with Crippen molar-refractivity contribution >= 4 is 5.91 Å². The molecule has 110 valence electrons. The van der Waals surface area contributed by atoms with Crippen LogP contribution in [0.3, 0.4) is 0 Å². The molecule has 1 N–H and O–H groups in total. The van der Waals surface area contributed by atoms with E-state index in [2.05, 4.69) is 15.3 Å². The Morgan fingerprint density at radius 1 is 1.35 bits per heavy atom. The number of carbonyl (C=O) groups is 1. The molecule has 0 aromatic carbocycles. The Hall–Kier alpha value is -1.36. The lowest BCUT2D eigenvalue weighted by Gasteiger charge is -2.40. The van der Waals surface area contributed by atoms with Crippen molar-refractivity contribution in [1.82, 2.24) is 20.0 Å². The monoisotopic (exact) mass is 276 g/mol. The van der Waals surface area contributed by atoms with Gasteiger partial charge in [-0.1, -0.05) is 0 Å². The molecule has 0 bridgehead atoms. The Morgan fingerprint density at radius 2 is 2.25 bits per heavy atom. The van der Waals surface area contributed by atoms with Crippen molar-refractivity contribution in [3.05, 3.63) is 18.5 Å². The molecular weight excluding hydrogens is 252 g/mol. The van der Waals surface area contributed by atoms with Crippen molar-refractivity contribution in [2.75, 3.05) is 13.1 Å².